The molecule has 0 aliphatic heterocycles. The second-order valence-corrected chi connectivity index (χ2v) is 5.10. The van der Waals surface area contributed by atoms with E-state index in [9.17, 15) is 14.0 Å². The first kappa shape index (κ1) is 18.3. The lowest BCUT2D eigenvalue weighted by Crippen LogP contribution is -2.42. The van der Waals surface area contributed by atoms with E-state index in [1.54, 1.807) is 12.1 Å². The highest BCUT2D eigenvalue weighted by Gasteiger charge is 2.12. The first-order valence-electron chi connectivity index (χ1n) is 7.68. The monoisotopic (exact) mass is 346 g/mol. The normalized spacial score (nSPS) is 10.0. The molecule has 132 valence electrons. The van der Waals surface area contributed by atoms with Crippen LogP contribution in [0.1, 0.15) is 22.8 Å². The van der Waals surface area contributed by atoms with E-state index >= 15 is 0 Å². The van der Waals surface area contributed by atoms with Crippen molar-refractivity contribution in [1.29, 1.82) is 0 Å². The highest BCUT2D eigenvalue weighted by molar-refractivity contribution is 5.96. The Labute approximate surface area is 144 Å². The lowest BCUT2D eigenvalue weighted by Gasteiger charge is -2.12. The van der Waals surface area contributed by atoms with Crippen LogP contribution in [0.4, 0.5) is 4.39 Å². The molecular weight excluding hydrogens is 327 g/mol. The molecule has 0 radical (unpaired) electrons. The Balaban J connectivity index is 1.94. The SMILES string of the molecule is CCOc1cc(C(=O)NNC(=O)Cc2ccc(F)cc2)ccc1OC. The molecule has 25 heavy (non-hydrogen) atoms. The van der Waals surface area contributed by atoms with Gasteiger partial charge in [-0.15, -0.1) is 0 Å². The van der Waals surface area contributed by atoms with E-state index in [0.717, 1.165) is 0 Å². The van der Waals surface area contributed by atoms with Gasteiger partial charge >= 0.3 is 0 Å². The highest BCUT2D eigenvalue weighted by atomic mass is 19.1. The van der Waals surface area contributed by atoms with Crippen molar-refractivity contribution in [3.63, 3.8) is 0 Å². The minimum Gasteiger partial charge on any atom is -0.493 e. The molecule has 0 aliphatic carbocycles. The van der Waals surface area contributed by atoms with E-state index in [4.69, 9.17) is 9.47 Å². The van der Waals surface area contributed by atoms with Crippen molar-refractivity contribution in [2.75, 3.05) is 13.7 Å². The van der Waals surface area contributed by atoms with Crippen LogP contribution < -0.4 is 20.3 Å². The number of amides is 2. The Bertz CT molecular complexity index is 747. The predicted octanol–water partition coefficient (Wildman–Crippen LogP) is 2.24. The molecule has 2 aromatic carbocycles. The smallest absolute Gasteiger partial charge is 0.269 e. The maximum absolute atomic E-state index is 12.8. The molecule has 0 saturated carbocycles. The Kier molecular flexibility index (Phi) is 6.33. The number of carbonyl (C=O) groups is 2. The van der Waals surface area contributed by atoms with Gasteiger partial charge in [-0.2, -0.15) is 0 Å². The van der Waals surface area contributed by atoms with Crippen LogP contribution in [0, 0.1) is 5.82 Å². The molecular formula is C18H19FN2O4. The van der Waals surface area contributed by atoms with E-state index < -0.39 is 11.8 Å². The van der Waals surface area contributed by atoms with Crippen molar-refractivity contribution in [3.8, 4) is 11.5 Å². The van der Waals surface area contributed by atoms with Gasteiger partial charge in [0, 0.05) is 5.56 Å². The molecule has 0 aromatic heterocycles. The molecule has 0 spiro atoms. The molecule has 2 N–H and O–H groups in total. The largest absolute Gasteiger partial charge is 0.493 e. The average Bonchev–Trinajstić information content (AvgIpc) is 2.62. The fourth-order valence-corrected chi connectivity index (χ4v) is 2.12. The summed E-state index contributed by atoms with van der Waals surface area (Å²) < 4.78 is 23.4. The third-order valence-corrected chi connectivity index (χ3v) is 3.32. The van der Waals surface area contributed by atoms with Crippen LogP contribution in [0.5, 0.6) is 11.5 Å². The van der Waals surface area contributed by atoms with Crippen molar-refractivity contribution >= 4 is 11.8 Å². The molecule has 0 unspecified atom stereocenters. The molecule has 0 atom stereocenters. The maximum atomic E-state index is 12.8. The number of halogens is 1. The lowest BCUT2D eigenvalue weighted by molar-refractivity contribution is -0.121. The van der Waals surface area contributed by atoms with E-state index in [-0.39, 0.29) is 12.2 Å². The number of nitrogens with one attached hydrogen (secondary N) is 2. The summed E-state index contributed by atoms with van der Waals surface area (Å²) in [5.74, 6) is -0.328. The van der Waals surface area contributed by atoms with Crippen molar-refractivity contribution < 1.29 is 23.5 Å². The maximum Gasteiger partial charge on any atom is 0.269 e. The van der Waals surface area contributed by atoms with Crippen LogP contribution in [0.3, 0.4) is 0 Å². The van der Waals surface area contributed by atoms with Gasteiger partial charge in [-0.3, -0.25) is 20.4 Å². The fourth-order valence-electron chi connectivity index (χ4n) is 2.12. The Morgan fingerprint density at radius 3 is 2.40 bits per heavy atom. The van der Waals surface area contributed by atoms with Crippen LogP contribution >= 0.6 is 0 Å². The van der Waals surface area contributed by atoms with E-state index in [1.807, 2.05) is 6.92 Å². The Morgan fingerprint density at radius 2 is 1.76 bits per heavy atom. The van der Waals surface area contributed by atoms with Crippen LogP contribution in [-0.4, -0.2) is 25.5 Å². The summed E-state index contributed by atoms with van der Waals surface area (Å²) in [6.45, 7) is 2.25. The molecule has 0 saturated heterocycles. The minimum absolute atomic E-state index is 0.0212. The van der Waals surface area contributed by atoms with Gasteiger partial charge < -0.3 is 9.47 Å². The van der Waals surface area contributed by atoms with Gasteiger partial charge in [-0.25, -0.2) is 4.39 Å². The fraction of sp³-hybridized carbons (Fsp3) is 0.222. The molecule has 2 aromatic rings. The molecule has 7 heteroatoms. The molecule has 2 rings (SSSR count). The summed E-state index contributed by atoms with van der Waals surface area (Å²) in [7, 11) is 1.51. The van der Waals surface area contributed by atoms with E-state index in [0.29, 0.717) is 29.2 Å². The minimum atomic E-state index is -0.490. The summed E-state index contributed by atoms with van der Waals surface area (Å²) in [6, 6.07) is 10.3. The number of carbonyl (C=O) groups excluding carboxylic acids is 2. The lowest BCUT2D eigenvalue weighted by atomic mass is 10.1. The first-order chi connectivity index (χ1) is 12.0. The van der Waals surface area contributed by atoms with E-state index in [2.05, 4.69) is 10.9 Å². The zero-order valence-corrected chi connectivity index (χ0v) is 14.0. The zero-order valence-electron chi connectivity index (χ0n) is 14.0. The predicted molar refractivity (Wildman–Crippen MR) is 89.9 cm³/mol. The topological polar surface area (TPSA) is 76.7 Å². The number of rotatable bonds is 6. The number of hydrogen-bond acceptors (Lipinski definition) is 4. The van der Waals surface area contributed by atoms with Crippen molar-refractivity contribution in [2.45, 2.75) is 13.3 Å². The summed E-state index contributed by atoms with van der Waals surface area (Å²) >= 11 is 0. The number of methoxy groups -OCH3 is 1. The van der Waals surface area contributed by atoms with Gasteiger partial charge in [0.15, 0.2) is 11.5 Å². The average molecular weight is 346 g/mol. The zero-order chi connectivity index (χ0) is 18.2. The summed E-state index contributed by atoms with van der Waals surface area (Å²) in [5.41, 5.74) is 5.59. The van der Waals surface area contributed by atoms with Crippen LogP contribution in [0.25, 0.3) is 0 Å². The van der Waals surface area contributed by atoms with E-state index in [1.165, 1.54) is 37.4 Å². The molecule has 6 nitrogen and oxygen atoms in total. The molecule has 0 aliphatic rings. The quantitative estimate of drug-likeness (QED) is 0.787. The highest BCUT2D eigenvalue weighted by Crippen LogP contribution is 2.27. The van der Waals surface area contributed by atoms with Crippen LogP contribution in [0.15, 0.2) is 42.5 Å². The molecule has 2 amide bonds. The summed E-state index contributed by atoms with van der Waals surface area (Å²) in [6.07, 6.45) is 0.0212. The molecule has 0 heterocycles. The first-order valence-corrected chi connectivity index (χ1v) is 7.68. The van der Waals surface area contributed by atoms with Gasteiger partial charge in [0.05, 0.1) is 20.1 Å². The Morgan fingerprint density at radius 1 is 1.04 bits per heavy atom. The second-order valence-electron chi connectivity index (χ2n) is 5.10. The number of ether oxygens (including phenoxy) is 2. The van der Waals surface area contributed by atoms with Crippen LogP contribution in [0.2, 0.25) is 0 Å². The summed E-state index contributed by atoms with van der Waals surface area (Å²) in [5, 5.41) is 0. The molecule has 0 bridgehead atoms. The van der Waals surface area contributed by atoms with Gasteiger partial charge in [0.25, 0.3) is 5.91 Å². The Hall–Kier alpha value is -3.09. The number of benzene rings is 2. The van der Waals surface area contributed by atoms with Gasteiger partial charge in [0.2, 0.25) is 5.91 Å². The molecule has 0 fully saturated rings. The van der Waals surface area contributed by atoms with Crippen molar-refractivity contribution in [3.05, 3.63) is 59.4 Å². The van der Waals surface area contributed by atoms with Crippen LogP contribution in [-0.2, 0) is 11.2 Å². The standard InChI is InChI=1S/C18H19FN2O4/c1-3-25-16-11-13(6-9-15(16)24-2)18(23)21-20-17(22)10-12-4-7-14(19)8-5-12/h4-9,11H,3,10H2,1-2H3,(H,20,22)(H,21,23). The van der Waals surface area contributed by atoms with Gasteiger partial charge in [-0.05, 0) is 42.8 Å². The van der Waals surface area contributed by atoms with Crippen molar-refractivity contribution in [2.24, 2.45) is 0 Å². The number of hydrazine groups is 1. The van der Waals surface area contributed by atoms with Gasteiger partial charge in [-0.1, -0.05) is 12.1 Å². The number of hydrogen-bond donors (Lipinski definition) is 2. The van der Waals surface area contributed by atoms with Gasteiger partial charge in [0.1, 0.15) is 5.82 Å². The summed E-state index contributed by atoms with van der Waals surface area (Å²) in [4.78, 5) is 24.0. The third-order valence-electron chi connectivity index (χ3n) is 3.32. The third kappa shape index (κ3) is 5.20. The van der Waals surface area contributed by atoms with Crippen molar-refractivity contribution in [1.82, 2.24) is 10.9 Å². The second kappa shape index (κ2) is 8.68.